The van der Waals surface area contributed by atoms with Crippen molar-refractivity contribution >= 4 is 5.78 Å². The molecule has 0 fully saturated rings. The Morgan fingerprint density at radius 1 is 0.938 bits per heavy atom. The van der Waals surface area contributed by atoms with Crippen LogP contribution >= 0.6 is 0 Å². The van der Waals surface area contributed by atoms with Crippen LogP contribution in [-0.4, -0.2) is 10.8 Å². The van der Waals surface area contributed by atoms with E-state index in [9.17, 15) is 14.0 Å². The first-order valence-electron chi connectivity index (χ1n) is 4.75. The number of hydrogen-bond acceptors (Lipinski definition) is 2. The number of rotatable bonds is 0. The zero-order valence-corrected chi connectivity index (χ0v) is 8.08. The molecule has 0 aliphatic heterocycles. The average molecular weight is 215 g/mol. The Labute approximate surface area is 89.6 Å². The maximum absolute atomic E-state index is 13.1. The number of H-pyrrole nitrogens is 1. The molecule has 16 heavy (non-hydrogen) atoms. The highest BCUT2D eigenvalue weighted by molar-refractivity contribution is 6.20. The van der Waals surface area contributed by atoms with Crippen LogP contribution in [0.4, 0.5) is 4.39 Å². The molecule has 1 aliphatic rings. The number of halogens is 1. The van der Waals surface area contributed by atoms with Gasteiger partial charge in [0.1, 0.15) is 5.82 Å². The normalized spacial score (nSPS) is 12.4. The summed E-state index contributed by atoms with van der Waals surface area (Å²) in [6.07, 6.45) is 0. The highest BCUT2D eigenvalue weighted by Gasteiger charge is 2.27. The van der Waals surface area contributed by atoms with Crippen molar-refractivity contribution in [2.45, 2.75) is 0 Å². The molecule has 3 nitrogen and oxygen atoms in total. The van der Waals surface area contributed by atoms with Crippen LogP contribution in [0.1, 0.15) is 16.1 Å². The number of carbonyl (C=O) groups is 1. The first-order chi connectivity index (χ1) is 7.66. The third kappa shape index (κ3) is 1.07. The number of aromatic amines is 1. The lowest BCUT2D eigenvalue weighted by molar-refractivity contribution is 0.103. The van der Waals surface area contributed by atoms with Crippen LogP contribution in [0.3, 0.4) is 0 Å². The number of aromatic nitrogens is 1. The summed E-state index contributed by atoms with van der Waals surface area (Å²) >= 11 is 0. The SMILES string of the molecule is O=C1c2ccc(F)cc2-c2ccc(=O)[nH]c21. The summed E-state index contributed by atoms with van der Waals surface area (Å²) in [5, 5.41) is 0. The quantitative estimate of drug-likeness (QED) is 0.620. The molecular weight excluding hydrogens is 209 g/mol. The van der Waals surface area contributed by atoms with Crippen molar-refractivity contribution in [2.24, 2.45) is 0 Å². The number of nitrogens with one attached hydrogen (secondary N) is 1. The second-order valence-electron chi connectivity index (χ2n) is 3.63. The topological polar surface area (TPSA) is 49.9 Å². The lowest BCUT2D eigenvalue weighted by Crippen LogP contribution is -2.09. The van der Waals surface area contributed by atoms with Crippen LogP contribution in [0.15, 0.2) is 35.1 Å². The van der Waals surface area contributed by atoms with Gasteiger partial charge in [0.2, 0.25) is 11.3 Å². The van der Waals surface area contributed by atoms with E-state index in [1.807, 2.05) is 0 Å². The van der Waals surface area contributed by atoms with Crippen LogP contribution in [-0.2, 0) is 0 Å². The highest BCUT2D eigenvalue weighted by atomic mass is 19.1. The van der Waals surface area contributed by atoms with E-state index in [2.05, 4.69) is 4.98 Å². The molecule has 0 saturated carbocycles. The van der Waals surface area contributed by atoms with Gasteiger partial charge in [0.25, 0.3) is 0 Å². The van der Waals surface area contributed by atoms with E-state index in [0.717, 1.165) is 0 Å². The molecule has 0 atom stereocenters. The van der Waals surface area contributed by atoms with Crippen LogP contribution in [0, 0.1) is 5.82 Å². The van der Waals surface area contributed by atoms with Gasteiger partial charge in [0.05, 0.1) is 5.69 Å². The Hall–Kier alpha value is -2.23. The minimum absolute atomic E-state index is 0.244. The predicted octanol–water partition coefficient (Wildman–Crippen LogP) is 1.73. The summed E-state index contributed by atoms with van der Waals surface area (Å²) in [6.45, 7) is 0. The molecule has 3 rings (SSSR count). The van der Waals surface area contributed by atoms with Gasteiger partial charge in [-0.2, -0.15) is 0 Å². The number of hydrogen-bond donors (Lipinski definition) is 1. The molecule has 1 aliphatic carbocycles. The zero-order valence-electron chi connectivity index (χ0n) is 8.08. The molecule has 2 aromatic rings. The van der Waals surface area contributed by atoms with Gasteiger partial charge in [-0.15, -0.1) is 0 Å². The Kier molecular flexibility index (Phi) is 1.63. The van der Waals surface area contributed by atoms with Gasteiger partial charge >= 0.3 is 0 Å². The van der Waals surface area contributed by atoms with Crippen molar-refractivity contribution in [3.8, 4) is 11.1 Å². The molecule has 0 spiro atoms. The second kappa shape index (κ2) is 2.88. The van der Waals surface area contributed by atoms with Crippen LogP contribution in [0.5, 0.6) is 0 Å². The number of fused-ring (bicyclic) bond motifs is 3. The molecule has 0 bridgehead atoms. The monoisotopic (exact) mass is 215 g/mol. The fourth-order valence-electron chi connectivity index (χ4n) is 1.95. The molecular formula is C12H6FNO2. The number of pyridine rings is 1. The fraction of sp³-hybridized carbons (Fsp3) is 0. The molecule has 1 N–H and O–H groups in total. The largest absolute Gasteiger partial charge is 0.319 e. The van der Waals surface area contributed by atoms with Gasteiger partial charge in [-0.3, -0.25) is 9.59 Å². The smallest absolute Gasteiger partial charge is 0.248 e. The summed E-state index contributed by atoms with van der Waals surface area (Å²) in [5.41, 5.74) is 1.46. The van der Waals surface area contributed by atoms with E-state index in [1.54, 1.807) is 0 Å². The molecule has 0 radical (unpaired) electrons. The molecule has 1 heterocycles. The standard InChI is InChI=1S/C12H6FNO2/c13-6-1-2-8-9(5-6)7-3-4-10(15)14-11(7)12(8)16/h1-5H,(H,14,15). The lowest BCUT2D eigenvalue weighted by atomic mass is 10.1. The Morgan fingerprint density at radius 2 is 1.69 bits per heavy atom. The molecule has 1 aromatic carbocycles. The van der Waals surface area contributed by atoms with E-state index >= 15 is 0 Å². The first kappa shape index (κ1) is 9.03. The Morgan fingerprint density at radius 3 is 2.50 bits per heavy atom. The minimum atomic E-state index is -0.398. The van der Waals surface area contributed by atoms with Gasteiger partial charge in [-0.1, -0.05) is 0 Å². The highest BCUT2D eigenvalue weighted by Crippen LogP contribution is 2.34. The van der Waals surface area contributed by atoms with E-state index in [0.29, 0.717) is 16.7 Å². The number of ketones is 1. The molecule has 78 valence electrons. The van der Waals surface area contributed by atoms with E-state index in [1.165, 1.54) is 30.3 Å². The second-order valence-corrected chi connectivity index (χ2v) is 3.63. The van der Waals surface area contributed by atoms with Crippen LogP contribution in [0.2, 0.25) is 0 Å². The van der Waals surface area contributed by atoms with Crippen molar-refractivity contribution in [2.75, 3.05) is 0 Å². The molecule has 0 amide bonds. The van der Waals surface area contributed by atoms with Crippen LogP contribution < -0.4 is 5.56 Å². The first-order valence-corrected chi connectivity index (χ1v) is 4.75. The maximum Gasteiger partial charge on any atom is 0.248 e. The van der Waals surface area contributed by atoms with Crippen molar-refractivity contribution in [1.29, 1.82) is 0 Å². The Balaban J connectivity index is 2.40. The number of carbonyl (C=O) groups excluding carboxylic acids is 1. The van der Waals surface area contributed by atoms with E-state index in [-0.39, 0.29) is 17.0 Å². The summed E-state index contributed by atoms with van der Waals surface area (Å²) in [6, 6.07) is 6.84. The summed E-state index contributed by atoms with van der Waals surface area (Å²) in [7, 11) is 0. The summed E-state index contributed by atoms with van der Waals surface area (Å²) < 4.78 is 13.1. The Bertz CT molecular complexity index is 673. The van der Waals surface area contributed by atoms with Gasteiger partial charge < -0.3 is 4.98 Å². The third-order valence-corrected chi connectivity index (χ3v) is 2.66. The van der Waals surface area contributed by atoms with Gasteiger partial charge in [-0.05, 0) is 29.8 Å². The van der Waals surface area contributed by atoms with Crippen molar-refractivity contribution in [3.63, 3.8) is 0 Å². The van der Waals surface area contributed by atoms with Gasteiger partial charge in [0.15, 0.2) is 0 Å². The maximum atomic E-state index is 13.1. The lowest BCUT2D eigenvalue weighted by Gasteiger charge is -1.97. The summed E-state index contributed by atoms with van der Waals surface area (Å²) in [5.74, 6) is -0.659. The van der Waals surface area contributed by atoms with Crippen molar-refractivity contribution < 1.29 is 9.18 Å². The van der Waals surface area contributed by atoms with Gasteiger partial charge in [0, 0.05) is 17.2 Å². The molecule has 1 aromatic heterocycles. The van der Waals surface area contributed by atoms with E-state index < -0.39 is 5.82 Å². The molecule has 0 saturated heterocycles. The zero-order chi connectivity index (χ0) is 11.3. The predicted molar refractivity (Wildman–Crippen MR) is 55.9 cm³/mol. The number of benzene rings is 1. The van der Waals surface area contributed by atoms with Gasteiger partial charge in [-0.25, -0.2) is 4.39 Å². The minimum Gasteiger partial charge on any atom is -0.319 e. The van der Waals surface area contributed by atoms with Crippen molar-refractivity contribution in [3.05, 3.63) is 57.8 Å². The van der Waals surface area contributed by atoms with Crippen LogP contribution in [0.25, 0.3) is 11.1 Å². The molecule has 0 unspecified atom stereocenters. The average Bonchev–Trinajstić information content (AvgIpc) is 2.52. The van der Waals surface area contributed by atoms with Crippen molar-refractivity contribution in [1.82, 2.24) is 4.98 Å². The molecule has 4 heteroatoms. The fourth-order valence-corrected chi connectivity index (χ4v) is 1.95. The van der Waals surface area contributed by atoms with E-state index in [4.69, 9.17) is 0 Å². The third-order valence-electron chi connectivity index (χ3n) is 2.66. The summed E-state index contributed by atoms with van der Waals surface area (Å²) in [4.78, 5) is 25.4.